The average molecular weight is 731 g/mol. The molecule has 2 aliphatic heterocycles. The summed E-state index contributed by atoms with van der Waals surface area (Å²) in [4.78, 5) is 20.4. The predicted octanol–water partition coefficient (Wildman–Crippen LogP) is 4.45. The van der Waals surface area contributed by atoms with Crippen LogP contribution < -0.4 is 5.56 Å². The number of nitrogens with zero attached hydrogens (tertiary/aromatic N) is 7. The third-order valence-corrected chi connectivity index (χ3v) is 12.7. The van der Waals surface area contributed by atoms with Crippen LogP contribution in [0.1, 0.15) is 44.1 Å². The highest BCUT2D eigenvalue weighted by molar-refractivity contribution is 9.10. The Labute approximate surface area is 276 Å². The van der Waals surface area contributed by atoms with Gasteiger partial charge >= 0.3 is 0 Å². The van der Waals surface area contributed by atoms with Gasteiger partial charge in [-0.15, -0.1) is 0 Å². The van der Waals surface area contributed by atoms with E-state index in [0.717, 1.165) is 54.1 Å². The van der Waals surface area contributed by atoms with Gasteiger partial charge in [0.1, 0.15) is 11.3 Å². The Bertz CT molecular complexity index is 2150. The molecule has 0 atom stereocenters. The number of piperidine rings is 2. The van der Waals surface area contributed by atoms with Crippen molar-refractivity contribution in [2.24, 2.45) is 7.05 Å². The normalized spacial score (nSPS) is 16.8. The van der Waals surface area contributed by atoms with Crippen molar-refractivity contribution in [2.45, 2.75) is 55.5 Å². The largest absolute Gasteiger partial charge is 0.318 e. The van der Waals surface area contributed by atoms with Gasteiger partial charge in [-0.1, -0.05) is 12.8 Å². The molecule has 2 fully saturated rings. The third-order valence-electron chi connectivity index (χ3n) is 8.44. The van der Waals surface area contributed by atoms with Gasteiger partial charge in [0.15, 0.2) is 10.1 Å². The van der Waals surface area contributed by atoms with Crippen LogP contribution in [0.15, 0.2) is 80.6 Å². The van der Waals surface area contributed by atoms with E-state index < -0.39 is 20.0 Å². The van der Waals surface area contributed by atoms with Crippen LogP contribution in [-0.4, -0.2) is 75.0 Å². The van der Waals surface area contributed by atoms with E-state index in [1.165, 1.54) is 17.0 Å². The van der Waals surface area contributed by atoms with E-state index in [9.17, 15) is 21.6 Å². The fourth-order valence-corrected chi connectivity index (χ4v) is 9.46. The highest BCUT2D eigenvalue weighted by atomic mass is 79.9. The predicted molar refractivity (Wildman–Crippen MR) is 179 cm³/mol. The first-order valence-electron chi connectivity index (χ1n) is 15.2. The number of fused-ring (bicyclic) bond motifs is 2. The first-order chi connectivity index (χ1) is 22.0. The standard InChI is InChI=1S/C19H22N4O3S.C12H14BrN3O2S/c1-14-10-16(12-21(2)19(14)24)15-6-7-17-20-11-18(23(17)13-15)27(25,26)22-8-4-3-5-9-22;13-10-4-5-11-14-8-12(16(11)9-10)19(17,18)15-6-2-1-3-7-15/h6-7,10-13H,3-5,8-9H2,1-2H3;4-5,8-9H,1-3,6-7H2. The van der Waals surface area contributed by atoms with Gasteiger partial charge in [0, 0.05) is 61.9 Å². The van der Waals surface area contributed by atoms with Gasteiger partial charge in [-0.25, -0.2) is 26.8 Å². The van der Waals surface area contributed by atoms with Crippen molar-refractivity contribution in [2.75, 3.05) is 26.2 Å². The van der Waals surface area contributed by atoms with Crippen LogP contribution in [-0.2, 0) is 27.1 Å². The second-order valence-corrected chi connectivity index (χ2v) is 16.4. The summed E-state index contributed by atoms with van der Waals surface area (Å²) in [6.07, 6.45) is 13.9. The molecule has 2 saturated heterocycles. The minimum Gasteiger partial charge on any atom is -0.318 e. The Morgan fingerprint density at radius 3 is 1.70 bits per heavy atom. The summed E-state index contributed by atoms with van der Waals surface area (Å²) in [5.74, 6) is 0. The zero-order chi connectivity index (χ0) is 32.6. The molecule has 15 heteroatoms. The number of hydrogen-bond donors (Lipinski definition) is 0. The van der Waals surface area contributed by atoms with E-state index >= 15 is 0 Å². The second kappa shape index (κ2) is 13.0. The number of imidazole rings is 2. The minimum absolute atomic E-state index is 0.0455. The molecule has 0 bridgehead atoms. The molecule has 5 aromatic heterocycles. The summed E-state index contributed by atoms with van der Waals surface area (Å²) in [7, 11) is -5.33. The van der Waals surface area contributed by atoms with Crippen LogP contribution >= 0.6 is 15.9 Å². The molecule has 7 heterocycles. The summed E-state index contributed by atoms with van der Waals surface area (Å²) in [6, 6.07) is 9.14. The van der Waals surface area contributed by atoms with Crippen LogP contribution in [0.25, 0.3) is 22.4 Å². The first kappa shape index (κ1) is 32.6. The Balaban J connectivity index is 0.000000172. The van der Waals surface area contributed by atoms with E-state index in [0.29, 0.717) is 43.0 Å². The van der Waals surface area contributed by atoms with Gasteiger partial charge in [0.25, 0.3) is 25.6 Å². The van der Waals surface area contributed by atoms with Crippen LogP contribution in [0.5, 0.6) is 0 Å². The summed E-state index contributed by atoms with van der Waals surface area (Å²) < 4.78 is 60.1. The molecule has 2 aliphatic rings. The molecule has 5 aromatic rings. The van der Waals surface area contributed by atoms with Gasteiger partial charge in [-0.3, -0.25) is 13.6 Å². The molecule has 0 amide bonds. The number of hydrogen-bond acceptors (Lipinski definition) is 7. The first-order valence-corrected chi connectivity index (χ1v) is 18.9. The lowest BCUT2D eigenvalue weighted by Gasteiger charge is -2.25. The van der Waals surface area contributed by atoms with Crippen LogP contribution in [0.4, 0.5) is 0 Å². The van der Waals surface area contributed by atoms with Crippen molar-refractivity contribution in [3.63, 3.8) is 0 Å². The van der Waals surface area contributed by atoms with Gasteiger partial charge in [-0.05, 0) is 90.0 Å². The van der Waals surface area contributed by atoms with Crippen LogP contribution in [0.3, 0.4) is 0 Å². The number of pyridine rings is 3. The third kappa shape index (κ3) is 6.30. The molecule has 0 saturated carbocycles. The van der Waals surface area contributed by atoms with E-state index in [-0.39, 0.29) is 15.6 Å². The fraction of sp³-hybridized carbons (Fsp3) is 0.387. The van der Waals surface area contributed by atoms with E-state index in [1.807, 2.05) is 18.2 Å². The number of aryl methyl sites for hydroxylation is 2. The second-order valence-electron chi connectivity index (χ2n) is 11.7. The monoisotopic (exact) mass is 729 g/mol. The zero-order valence-corrected chi connectivity index (χ0v) is 28.9. The Morgan fingerprint density at radius 2 is 1.17 bits per heavy atom. The average Bonchev–Trinajstić information content (AvgIpc) is 3.69. The van der Waals surface area contributed by atoms with Gasteiger partial charge in [-0.2, -0.15) is 8.61 Å². The lowest BCUT2D eigenvalue weighted by molar-refractivity contribution is 0.345. The summed E-state index contributed by atoms with van der Waals surface area (Å²) in [5, 5.41) is 0.425. The van der Waals surface area contributed by atoms with E-state index in [1.54, 1.807) is 62.1 Å². The molecule has 0 radical (unpaired) electrons. The maximum atomic E-state index is 13.1. The molecule has 0 spiro atoms. The summed E-state index contributed by atoms with van der Waals surface area (Å²) in [5.41, 5.74) is 3.49. The molecular weight excluding hydrogens is 694 g/mol. The van der Waals surface area contributed by atoms with Crippen LogP contribution in [0.2, 0.25) is 0 Å². The van der Waals surface area contributed by atoms with Gasteiger partial charge in [0.2, 0.25) is 0 Å². The molecule has 46 heavy (non-hydrogen) atoms. The van der Waals surface area contributed by atoms with Crippen molar-refractivity contribution >= 4 is 47.3 Å². The maximum Gasteiger partial charge on any atom is 0.260 e. The number of aromatic nitrogens is 5. The number of rotatable bonds is 5. The SMILES string of the molecule is Cc1cc(-c2ccc3ncc(S(=O)(=O)N4CCCCC4)n3c2)cn(C)c1=O.O=S(=O)(c1cnc2ccc(Br)cn12)N1CCCCC1. The van der Waals surface area contributed by atoms with Crippen molar-refractivity contribution in [3.05, 3.63) is 81.7 Å². The lowest BCUT2D eigenvalue weighted by atomic mass is 10.1. The van der Waals surface area contributed by atoms with E-state index in [4.69, 9.17) is 0 Å². The Morgan fingerprint density at radius 1 is 0.674 bits per heavy atom. The Kier molecular flexibility index (Phi) is 9.22. The van der Waals surface area contributed by atoms with Crippen molar-refractivity contribution in [1.29, 1.82) is 0 Å². The highest BCUT2D eigenvalue weighted by Gasteiger charge is 2.30. The molecule has 12 nitrogen and oxygen atoms in total. The summed E-state index contributed by atoms with van der Waals surface area (Å²) >= 11 is 3.36. The van der Waals surface area contributed by atoms with E-state index in [2.05, 4.69) is 25.9 Å². The zero-order valence-electron chi connectivity index (χ0n) is 25.7. The molecule has 0 aliphatic carbocycles. The minimum atomic E-state index is -3.59. The lowest BCUT2D eigenvalue weighted by Crippen LogP contribution is -2.36. The molecule has 0 aromatic carbocycles. The molecule has 0 N–H and O–H groups in total. The molecular formula is C31H36BrN7O5S2. The van der Waals surface area contributed by atoms with Crippen LogP contribution in [0, 0.1) is 6.92 Å². The van der Waals surface area contributed by atoms with Crippen molar-refractivity contribution < 1.29 is 16.8 Å². The Hall–Kier alpha value is -3.37. The molecule has 244 valence electrons. The maximum absolute atomic E-state index is 13.1. The molecule has 7 rings (SSSR count). The summed E-state index contributed by atoms with van der Waals surface area (Å²) in [6.45, 7) is 4.07. The smallest absolute Gasteiger partial charge is 0.260 e. The van der Waals surface area contributed by atoms with Gasteiger partial charge in [0.05, 0.1) is 12.4 Å². The number of halogens is 1. The number of sulfonamides is 2. The van der Waals surface area contributed by atoms with Crippen molar-refractivity contribution in [3.8, 4) is 11.1 Å². The fourth-order valence-electron chi connectivity index (χ4n) is 5.95. The topological polar surface area (TPSA) is 131 Å². The highest BCUT2D eigenvalue weighted by Crippen LogP contribution is 2.26. The van der Waals surface area contributed by atoms with Gasteiger partial charge < -0.3 is 4.57 Å². The van der Waals surface area contributed by atoms with Crippen molar-refractivity contribution in [1.82, 2.24) is 31.9 Å². The quantitative estimate of drug-likeness (QED) is 0.261. The molecule has 0 unspecified atom stereocenters.